The predicted molar refractivity (Wildman–Crippen MR) is 96.9 cm³/mol. The van der Waals surface area contributed by atoms with Crippen molar-refractivity contribution in [2.45, 2.75) is 51.4 Å². The van der Waals surface area contributed by atoms with Crippen molar-refractivity contribution in [3.05, 3.63) is 34.9 Å². The maximum absolute atomic E-state index is 11.8. The summed E-state index contributed by atoms with van der Waals surface area (Å²) >= 11 is 5.85. The molecule has 0 saturated carbocycles. The van der Waals surface area contributed by atoms with Gasteiger partial charge in [-0.2, -0.15) is 0 Å². The Balaban J connectivity index is 1.45. The Morgan fingerprint density at radius 2 is 1.78 bits per heavy atom. The number of rotatable bonds is 9. The lowest BCUT2D eigenvalue weighted by molar-refractivity contribution is -0.121. The smallest absolute Gasteiger partial charge is 0.220 e. The molecule has 1 aromatic rings. The lowest BCUT2D eigenvalue weighted by Gasteiger charge is -2.26. The van der Waals surface area contributed by atoms with E-state index in [-0.39, 0.29) is 5.91 Å². The molecule has 0 aliphatic carbocycles. The van der Waals surface area contributed by atoms with Crippen molar-refractivity contribution < 1.29 is 4.79 Å². The van der Waals surface area contributed by atoms with Crippen molar-refractivity contribution in [1.29, 1.82) is 0 Å². The van der Waals surface area contributed by atoms with Crippen LogP contribution in [-0.4, -0.2) is 37.0 Å². The molecule has 2 rings (SSSR count). The fraction of sp³-hybridized carbons (Fsp3) is 0.632. The number of hydrogen-bond donors (Lipinski definition) is 1. The number of piperidine rings is 1. The van der Waals surface area contributed by atoms with Crippen LogP contribution in [-0.2, 0) is 11.2 Å². The Morgan fingerprint density at radius 1 is 1.04 bits per heavy atom. The van der Waals surface area contributed by atoms with Gasteiger partial charge >= 0.3 is 0 Å². The third-order valence-electron chi connectivity index (χ3n) is 4.48. The highest BCUT2D eigenvalue weighted by Gasteiger charge is 2.08. The van der Waals surface area contributed by atoms with Crippen LogP contribution in [0.5, 0.6) is 0 Å². The normalized spacial score (nSPS) is 15.5. The van der Waals surface area contributed by atoms with E-state index in [0.717, 1.165) is 30.0 Å². The molecule has 0 atom stereocenters. The molecule has 0 bridgehead atoms. The number of carbonyl (C=O) groups is 1. The number of amides is 1. The summed E-state index contributed by atoms with van der Waals surface area (Å²) in [5.74, 6) is 0.149. The number of hydrogen-bond acceptors (Lipinski definition) is 2. The molecule has 0 aromatic heterocycles. The van der Waals surface area contributed by atoms with Crippen LogP contribution in [0.2, 0.25) is 5.02 Å². The van der Waals surface area contributed by atoms with Crippen LogP contribution in [0.15, 0.2) is 24.3 Å². The average molecular weight is 337 g/mol. The van der Waals surface area contributed by atoms with E-state index in [1.54, 1.807) is 0 Å². The van der Waals surface area contributed by atoms with Gasteiger partial charge < -0.3 is 10.2 Å². The Labute approximate surface area is 145 Å². The lowest BCUT2D eigenvalue weighted by atomic mass is 10.1. The minimum Gasteiger partial charge on any atom is -0.356 e. The van der Waals surface area contributed by atoms with E-state index in [1.807, 2.05) is 24.3 Å². The van der Waals surface area contributed by atoms with Gasteiger partial charge in [-0.25, -0.2) is 0 Å². The van der Waals surface area contributed by atoms with Gasteiger partial charge in [-0.1, -0.05) is 36.6 Å². The quantitative estimate of drug-likeness (QED) is 0.690. The average Bonchev–Trinajstić information content (AvgIpc) is 2.58. The van der Waals surface area contributed by atoms with Crippen LogP contribution in [0.25, 0.3) is 0 Å². The van der Waals surface area contributed by atoms with Gasteiger partial charge in [0, 0.05) is 18.0 Å². The van der Waals surface area contributed by atoms with Crippen molar-refractivity contribution in [2.24, 2.45) is 0 Å². The number of carbonyl (C=O) groups excluding carboxylic acids is 1. The topological polar surface area (TPSA) is 32.3 Å². The van der Waals surface area contributed by atoms with Crippen molar-refractivity contribution in [2.75, 3.05) is 26.2 Å². The Morgan fingerprint density at radius 3 is 2.52 bits per heavy atom. The number of benzene rings is 1. The number of halogens is 1. The van der Waals surface area contributed by atoms with E-state index in [0.29, 0.717) is 6.42 Å². The lowest BCUT2D eigenvalue weighted by Crippen LogP contribution is -2.30. The van der Waals surface area contributed by atoms with Crippen molar-refractivity contribution in [3.63, 3.8) is 0 Å². The molecule has 128 valence electrons. The van der Waals surface area contributed by atoms with E-state index in [2.05, 4.69) is 10.2 Å². The SMILES string of the molecule is O=C(CCc1ccc(Cl)cc1)NCCCCCN1CCCCC1. The molecule has 1 aliphatic rings. The summed E-state index contributed by atoms with van der Waals surface area (Å²) in [4.78, 5) is 14.4. The molecule has 1 fully saturated rings. The van der Waals surface area contributed by atoms with Gasteiger partial charge in [0.25, 0.3) is 0 Å². The number of unbranched alkanes of at least 4 members (excludes halogenated alkanes) is 2. The van der Waals surface area contributed by atoms with Crippen LogP contribution in [0.1, 0.15) is 50.5 Å². The van der Waals surface area contributed by atoms with Crippen LogP contribution in [0.4, 0.5) is 0 Å². The maximum atomic E-state index is 11.8. The highest BCUT2D eigenvalue weighted by atomic mass is 35.5. The van der Waals surface area contributed by atoms with Crippen LogP contribution in [0.3, 0.4) is 0 Å². The van der Waals surface area contributed by atoms with E-state index in [4.69, 9.17) is 11.6 Å². The van der Waals surface area contributed by atoms with Gasteiger partial charge in [0.2, 0.25) is 5.91 Å². The van der Waals surface area contributed by atoms with E-state index in [9.17, 15) is 4.79 Å². The third-order valence-corrected chi connectivity index (χ3v) is 4.73. The molecule has 1 amide bonds. The molecular formula is C19H29ClN2O. The van der Waals surface area contributed by atoms with Crippen molar-refractivity contribution in [3.8, 4) is 0 Å². The summed E-state index contributed by atoms with van der Waals surface area (Å²) < 4.78 is 0. The Kier molecular flexibility index (Phi) is 8.48. The highest BCUT2D eigenvalue weighted by Crippen LogP contribution is 2.11. The molecule has 0 radical (unpaired) electrons. The first-order valence-corrected chi connectivity index (χ1v) is 9.35. The molecule has 0 unspecified atom stereocenters. The van der Waals surface area contributed by atoms with Gasteiger partial charge in [0.15, 0.2) is 0 Å². The second-order valence-electron chi connectivity index (χ2n) is 6.44. The van der Waals surface area contributed by atoms with Crippen LogP contribution in [0, 0.1) is 0 Å². The zero-order chi connectivity index (χ0) is 16.3. The summed E-state index contributed by atoms with van der Waals surface area (Å²) in [6.45, 7) is 4.59. The molecule has 4 heteroatoms. The largest absolute Gasteiger partial charge is 0.356 e. The van der Waals surface area contributed by atoms with Crippen molar-refractivity contribution in [1.82, 2.24) is 10.2 Å². The highest BCUT2D eigenvalue weighted by molar-refractivity contribution is 6.30. The molecule has 0 spiro atoms. The number of nitrogens with zero attached hydrogens (tertiary/aromatic N) is 1. The minimum atomic E-state index is 0.149. The summed E-state index contributed by atoms with van der Waals surface area (Å²) in [5.41, 5.74) is 1.16. The minimum absolute atomic E-state index is 0.149. The third kappa shape index (κ3) is 7.85. The first kappa shape index (κ1) is 18.3. The summed E-state index contributed by atoms with van der Waals surface area (Å²) in [6.07, 6.45) is 8.99. The van der Waals surface area contributed by atoms with Crippen LogP contribution < -0.4 is 5.32 Å². The first-order valence-electron chi connectivity index (χ1n) is 8.97. The maximum Gasteiger partial charge on any atom is 0.220 e. The number of nitrogens with one attached hydrogen (secondary N) is 1. The van der Waals surface area contributed by atoms with E-state index < -0.39 is 0 Å². The number of aryl methyl sites for hydroxylation is 1. The van der Waals surface area contributed by atoms with Gasteiger partial charge in [-0.05, 0) is 69.4 Å². The molecular weight excluding hydrogens is 308 g/mol. The van der Waals surface area contributed by atoms with E-state index >= 15 is 0 Å². The van der Waals surface area contributed by atoms with Crippen LogP contribution >= 0.6 is 11.6 Å². The molecule has 3 nitrogen and oxygen atoms in total. The molecule has 23 heavy (non-hydrogen) atoms. The zero-order valence-corrected chi connectivity index (χ0v) is 14.8. The Bertz CT molecular complexity index is 455. The molecule has 1 N–H and O–H groups in total. The molecule has 1 saturated heterocycles. The summed E-state index contributed by atoms with van der Waals surface area (Å²) in [6, 6.07) is 7.71. The molecule has 1 aromatic carbocycles. The Hall–Kier alpha value is -1.06. The monoisotopic (exact) mass is 336 g/mol. The first-order chi connectivity index (χ1) is 11.2. The number of likely N-dealkylation sites (tertiary alicyclic amines) is 1. The van der Waals surface area contributed by atoms with Crippen molar-refractivity contribution >= 4 is 17.5 Å². The zero-order valence-electron chi connectivity index (χ0n) is 14.0. The van der Waals surface area contributed by atoms with Gasteiger partial charge in [0.1, 0.15) is 0 Å². The standard InChI is InChI=1S/C19H29ClN2O/c20-18-10-7-17(8-11-18)9-12-19(23)21-13-3-1-4-14-22-15-5-2-6-16-22/h7-8,10-11H,1-6,9,12-16H2,(H,21,23). The molecule has 1 heterocycles. The summed E-state index contributed by atoms with van der Waals surface area (Å²) in [5, 5.41) is 3.76. The fourth-order valence-electron chi connectivity index (χ4n) is 3.05. The summed E-state index contributed by atoms with van der Waals surface area (Å²) in [7, 11) is 0. The van der Waals surface area contributed by atoms with Gasteiger partial charge in [0.05, 0.1) is 0 Å². The second kappa shape index (κ2) is 10.7. The fourth-order valence-corrected chi connectivity index (χ4v) is 3.17. The van der Waals surface area contributed by atoms with Gasteiger partial charge in [-0.3, -0.25) is 4.79 Å². The second-order valence-corrected chi connectivity index (χ2v) is 6.88. The predicted octanol–water partition coefficient (Wildman–Crippen LogP) is 4.05. The molecule has 1 aliphatic heterocycles. The van der Waals surface area contributed by atoms with E-state index in [1.165, 1.54) is 51.7 Å². The van der Waals surface area contributed by atoms with Gasteiger partial charge in [-0.15, -0.1) is 0 Å².